The van der Waals surface area contributed by atoms with Crippen LogP contribution in [0.3, 0.4) is 0 Å². The Labute approximate surface area is 377 Å². The second-order valence-corrected chi connectivity index (χ2v) is 18.5. The SMILES string of the molecule is CC(C)(C)OC(=O)C[C@H](NC(=O)[C@@H](N)CC(=O)OC(C)(C)C)C(=O)NCCOCCOCCOCCOCCNC(=O)[C@H](CC(=O)OC(C)(C)C)NC(=O)[C@@H](N)CC(=O)OC(C)(C)C. The summed E-state index contributed by atoms with van der Waals surface area (Å²) in [5.41, 5.74) is 8.53. The van der Waals surface area contributed by atoms with E-state index in [1.54, 1.807) is 83.1 Å². The Morgan fingerprint density at radius 3 is 0.859 bits per heavy atom. The van der Waals surface area contributed by atoms with E-state index in [-0.39, 0.29) is 65.9 Å². The maximum Gasteiger partial charge on any atom is 0.308 e. The molecule has 0 aliphatic heterocycles. The van der Waals surface area contributed by atoms with E-state index in [9.17, 15) is 38.4 Å². The number of rotatable bonds is 29. The second-order valence-electron chi connectivity index (χ2n) is 18.5. The fourth-order valence-corrected chi connectivity index (χ4v) is 4.89. The topological polar surface area (TPSA) is 311 Å². The van der Waals surface area contributed by atoms with Crippen molar-refractivity contribution in [3.63, 3.8) is 0 Å². The van der Waals surface area contributed by atoms with Crippen molar-refractivity contribution < 1.29 is 76.3 Å². The summed E-state index contributed by atoms with van der Waals surface area (Å²) in [6, 6.07) is -5.31. The van der Waals surface area contributed by atoms with Crippen LogP contribution in [0, 0.1) is 0 Å². The summed E-state index contributed by atoms with van der Waals surface area (Å²) in [6.07, 6.45) is -1.82. The van der Waals surface area contributed by atoms with Gasteiger partial charge in [-0.25, -0.2) is 0 Å². The number of ether oxygens (including phenoxy) is 8. The molecule has 370 valence electrons. The van der Waals surface area contributed by atoms with Crippen molar-refractivity contribution in [3.05, 3.63) is 0 Å². The van der Waals surface area contributed by atoms with Gasteiger partial charge in [-0.05, 0) is 83.1 Å². The van der Waals surface area contributed by atoms with Crippen LogP contribution in [0.1, 0.15) is 109 Å². The number of esters is 4. The van der Waals surface area contributed by atoms with Crippen LogP contribution in [-0.2, 0) is 76.3 Å². The largest absolute Gasteiger partial charge is 0.460 e. The Bertz CT molecular complexity index is 1390. The third kappa shape index (κ3) is 33.1. The number of carbonyl (C=O) groups excluding carboxylic acids is 8. The van der Waals surface area contributed by atoms with E-state index in [0.717, 1.165) is 0 Å². The summed E-state index contributed by atoms with van der Waals surface area (Å²) in [4.78, 5) is 101. The molecule has 0 rings (SSSR count). The lowest BCUT2D eigenvalue weighted by atomic mass is 10.1. The van der Waals surface area contributed by atoms with Gasteiger partial charge >= 0.3 is 23.9 Å². The number of hydrogen-bond acceptors (Lipinski definition) is 18. The molecule has 8 N–H and O–H groups in total. The summed E-state index contributed by atoms with van der Waals surface area (Å²) in [5.74, 6) is -5.85. The van der Waals surface area contributed by atoms with Gasteiger partial charge in [0.25, 0.3) is 0 Å². The number of nitrogens with two attached hydrogens (primary N) is 2. The Morgan fingerprint density at radius 1 is 0.375 bits per heavy atom. The zero-order valence-corrected chi connectivity index (χ0v) is 39.9. The van der Waals surface area contributed by atoms with E-state index in [2.05, 4.69) is 21.3 Å². The fraction of sp³-hybridized carbons (Fsp3) is 0.810. The first-order chi connectivity index (χ1) is 29.4. The highest BCUT2D eigenvalue weighted by molar-refractivity contribution is 5.94. The molecule has 22 heteroatoms. The highest BCUT2D eigenvalue weighted by Crippen LogP contribution is 2.13. The highest BCUT2D eigenvalue weighted by atomic mass is 16.6. The Kier molecular flexibility index (Phi) is 27.1. The average molecular weight is 921 g/mol. The van der Waals surface area contributed by atoms with Crippen LogP contribution < -0.4 is 32.7 Å². The van der Waals surface area contributed by atoms with Gasteiger partial charge in [-0.15, -0.1) is 0 Å². The molecule has 4 amide bonds. The number of carbonyl (C=O) groups is 8. The van der Waals surface area contributed by atoms with Crippen molar-refractivity contribution in [2.45, 2.75) is 155 Å². The van der Waals surface area contributed by atoms with Crippen molar-refractivity contribution >= 4 is 47.5 Å². The van der Waals surface area contributed by atoms with E-state index in [4.69, 9.17) is 49.4 Å². The Hall–Kier alpha value is -4.48. The average Bonchev–Trinajstić information content (AvgIpc) is 3.10. The van der Waals surface area contributed by atoms with E-state index in [0.29, 0.717) is 0 Å². The molecule has 0 saturated carbocycles. The molecule has 0 spiro atoms. The van der Waals surface area contributed by atoms with E-state index in [1.165, 1.54) is 0 Å². The minimum Gasteiger partial charge on any atom is -0.460 e. The summed E-state index contributed by atoms with van der Waals surface area (Å²) in [5, 5.41) is 10.0. The number of hydrogen-bond donors (Lipinski definition) is 6. The lowest BCUT2D eigenvalue weighted by Gasteiger charge is -2.24. The molecule has 0 aliphatic carbocycles. The van der Waals surface area contributed by atoms with Crippen LogP contribution in [0.5, 0.6) is 0 Å². The predicted octanol–water partition coefficient (Wildman–Crippen LogP) is -0.163. The van der Waals surface area contributed by atoms with Gasteiger partial charge in [-0.1, -0.05) is 0 Å². The van der Waals surface area contributed by atoms with Crippen LogP contribution in [0.25, 0.3) is 0 Å². The molecule has 64 heavy (non-hydrogen) atoms. The lowest BCUT2D eigenvalue weighted by Crippen LogP contribution is -2.53. The number of amides is 4. The van der Waals surface area contributed by atoms with Crippen molar-refractivity contribution in [1.82, 2.24) is 21.3 Å². The van der Waals surface area contributed by atoms with Crippen LogP contribution >= 0.6 is 0 Å². The molecule has 0 unspecified atom stereocenters. The van der Waals surface area contributed by atoms with Gasteiger partial charge in [0.15, 0.2) is 0 Å². The molecule has 0 radical (unpaired) electrons. The van der Waals surface area contributed by atoms with Gasteiger partial charge in [0, 0.05) is 13.1 Å². The zero-order valence-electron chi connectivity index (χ0n) is 39.9. The van der Waals surface area contributed by atoms with Crippen LogP contribution in [0.15, 0.2) is 0 Å². The molecule has 22 nitrogen and oxygen atoms in total. The van der Waals surface area contributed by atoms with Gasteiger partial charge in [0.05, 0.1) is 90.6 Å². The molecular formula is C42H76N6O16. The zero-order chi connectivity index (χ0) is 49.3. The second kappa shape index (κ2) is 29.1. The van der Waals surface area contributed by atoms with Crippen molar-refractivity contribution in [1.29, 1.82) is 0 Å². The van der Waals surface area contributed by atoms with E-state index < -0.39 is 120 Å². The quantitative estimate of drug-likeness (QED) is 0.0323. The van der Waals surface area contributed by atoms with Gasteiger partial charge in [0.2, 0.25) is 23.6 Å². The molecule has 0 heterocycles. The molecule has 0 aromatic heterocycles. The third-order valence-electron chi connectivity index (χ3n) is 7.34. The fourth-order valence-electron chi connectivity index (χ4n) is 4.89. The van der Waals surface area contributed by atoms with Crippen molar-refractivity contribution in [3.8, 4) is 0 Å². The summed E-state index contributed by atoms with van der Waals surface area (Å²) >= 11 is 0. The molecule has 0 bridgehead atoms. The summed E-state index contributed by atoms with van der Waals surface area (Å²) < 4.78 is 42.9. The van der Waals surface area contributed by atoms with E-state index >= 15 is 0 Å². The maximum absolute atomic E-state index is 12.9. The highest BCUT2D eigenvalue weighted by Gasteiger charge is 2.32. The number of nitrogens with one attached hydrogen (secondary N) is 4. The minimum atomic E-state index is -1.33. The molecule has 0 saturated heterocycles. The standard InChI is InChI=1S/C42H76N6O16/c1-39(2,3)61-31(49)23-27(43)35(53)47-29(25-33(51)63-41(7,8)9)37(55)45-13-15-57-17-19-59-21-22-60-20-18-58-16-14-46-38(56)30(26-34(52)64-42(10,11)12)48-36(54)28(44)24-32(50)62-40(4,5)6/h27-30H,13-26,43-44H2,1-12H3,(H,45,55)(H,46,56)(H,47,53)(H,48,54)/t27-,28-,29-,30-/m0/s1. The summed E-state index contributed by atoms with van der Waals surface area (Å²) in [6.45, 7) is 21.6. The Balaban J connectivity index is 4.54. The minimum absolute atomic E-state index is 0.0472. The first kappa shape index (κ1) is 59.5. The van der Waals surface area contributed by atoms with Crippen LogP contribution in [-0.4, -0.2) is 160 Å². The van der Waals surface area contributed by atoms with Gasteiger partial charge in [-0.3, -0.25) is 38.4 Å². The Morgan fingerprint density at radius 2 is 0.609 bits per heavy atom. The normalized spacial score (nSPS) is 13.9. The molecule has 0 aliphatic rings. The first-order valence-electron chi connectivity index (χ1n) is 21.2. The monoisotopic (exact) mass is 921 g/mol. The molecular weight excluding hydrogens is 844 g/mol. The van der Waals surface area contributed by atoms with Gasteiger partial charge in [0.1, 0.15) is 34.5 Å². The third-order valence-corrected chi connectivity index (χ3v) is 7.34. The molecule has 4 atom stereocenters. The molecule has 0 fully saturated rings. The molecule has 0 aromatic carbocycles. The first-order valence-corrected chi connectivity index (χ1v) is 21.2. The maximum atomic E-state index is 12.9. The van der Waals surface area contributed by atoms with Crippen molar-refractivity contribution in [2.75, 3.05) is 65.9 Å². The van der Waals surface area contributed by atoms with Crippen LogP contribution in [0.2, 0.25) is 0 Å². The van der Waals surface area contributed by atoms with Crippen LogP contribution in [0.4, 0.5) is 0 Å². The predicted molar refractivity (Wildman–Crippen MR) is 231 cm³/mol. The van der Waals surface area contributed by atoms with E-state index in [1.807, 2.05) is 0 Å². The lowest BCUT2D eigenvalue weighted by molar-refractivity contribution is -0.158. The smallest absolute Gasteiger partial charge is 0.308 e. The summed E-state index contributed by atoms with van der Waals surface area (Å²) in [7, 11) is 0. The molecule has 0 aromatic rings. The van der Waals surface area contributed by atoms with Gasteiger partial charge in [-0.2, -0.15) is 0 Å². The van der Waals surface area contributed by atoms with Gasteiger partial charge < -0.3 is 70.6 Å². The van der Waals surface area contributed by atoms with Crippen molar-refractivity contribution in [2.24, 2.45) is 11.5 Å².